The number of ether oxygens (including phenoxy) is 2. The lowest BCUT2D eigenvalue weighted by Crippen LogP contribution is -2.31. The first-order chi connectivity index (χ1) is 17.0. The molecule has 1 atom stereocenters. The molecular weight excluding hydrogens is 448 g/mol. The molecule has 2 aromatic rings. The van der Waals surface area contributed by atoms with Gasteiger partial charge in [0.2, 0.25) is 0 Å². The molecule has 1 saturated heterocycles. The van der Waals surface area contributed by atoms with Crippen LogP contribution < -0.4 is 20.1 Å². The summed E-state index contributed by atoms with van der Waals surface area (Å²) >= 11 is 0. The van der Waals surface area contributed by atoms with Gasteiger partial charge in [0, 0.05) is 19.6 Å². The lowest BCUT2D eigenvalue weighted by Gasteiger charge is -2.26. The van der Waals surface area contributed by atoms with E-state index in [4.69, 9.17) is 9.47 Å². The minimum atomic E-state index is -0.821. The van der Waals surface area contributed by atoms with Gasteiger partial charge >= 0.3 is 0 Å². The van der Waals surface area contributed by atoms with Gasteiger partial charge in [0.15, 0.2) is 5.82 Å². The van der Waals surface area contributed by atoms with E-state index in [0.29, 0.717) is 30.9 Å². The molecule has 1 aliphatic heterocycles. The topological polar surface area (TPSA) is 109 Å². The second-order valence-electron chi connectivity index (χ2n) is 8.61. The van der Waals surface area contributed by atoms with Crippen LogP contribution in [0.5, 0.6) is 11.5 Å². The minimum Gasteiger partial charge on any atom is -0.497 e. The van der Waals surface area contributed by atoms with E-state index in [1.807, 2.05) is 12.1 Å². The molecule has 2 aromatic carbocycles. The van der Waals surface area contributed by atoms with Crippen molar-refractivity contribution in [2.45, 2.75) is 38.3 Å². The Morgan fingerprint density at radius 1 is 1.14 bits per heavy atom. The van der Waals surface area contributed by atoms with E-state index in [1.165, 1.54) is 24.8 Å². The van der Waals surface area contributed by atoms with E-state index in [1.54, 1.807) is 31.4 Å². The summed E-state index contributed by atoms with van der Waals surface area (Å²) in [6.45, 7) is 4.35. The Kier molecular flexibility index (Phi) is 10.7. The summed E-state index contributed by atoms with van der Waals surface area (Å²) in [6.07, 6.45) is 4.57. The van der Waals surface area contributed by atoms with Crippen LogP contribution in [0.1, 0.15) is 42.9 Å². The van der Waals surface area contributed by atoms with Gasteiger partial charge in [0.25, 0.3) is 6.20 Å². The van der Waals surface area contributed by atoms with Gasteiger partial charge in [0.1, 0.15) is 11.5 Å². The van der Waals surface area contributed by atoms with Crippen molar-refractivity contribution in [2.75, 3.05) is 39.9 Å². The monoisotopic (exact) mass is 484 g/mol. The Morgan fingerprint density at radius 2 is 1.91 bits per heavy atom. The van der Waals surface area contributed by atoms with Crippen LogP contribution in [0.2, 0.25) is 0 Å². The molecule has 0 aromatic heterocycles. The van der Waals surface area contributed by atoms with Gasteiger partial charge in [-0.2, -0.15) is 0 Å². The minimum absolute atomic E-state index is 0.124. The molecule has 9 nitrogen and oxygen atoms in total. The Morgan fingerprint density at radius 3 is 2.63 bits per heavy atom. The third-order valence-electron chi connectivity index (χ3n) is 5.88. The van der Waals surface area contributed by atoms with E-state index in [0.717, 1.165) is 31.6 Å². The number of likely N-dealkylation sites (tertiary alicyclic amines) is 1. The van der Waals surface area contributed by atoms with Crippen molar-refractivity contribution in [1.82, 2.24) is 15.5 Å². The summed E-state index contributed by atoms with van der Waals surface area (Å²) in [5.74, 6) is 1.77. The number of nitrogens with one attached hydrogen (secondary N) is 2. The molecule has 1 aliphatic rings. The van der Waals surface area contributed by atoms with Gasteiger partial charge in [-0.05, 0) is 67.7 Å². The van der Waals surface area contributed by atoms with E-state index < -0.39 is 11.0 Å². The molecule has 0 amide bonds. The smallest absolute Gasteiger partial charge is 0.274 e. The number of nitro groups is 1. The third kappa shape index (κ3) is 9.46. The highest BCUT2D eigenvalue weighted by molar-refractivity contribution is 5.29. The van der Waals surface area contributed by atoms with Crippen LogP contribution in [0.15, 0.2) is 60.6 Å². The summed E-state index contributed by atoms with van der Waals surface area (Å²) in [5, 5.41) is 27.3. The van der Waals surface area contributed by atoms with Crippen LogP contribution >= 0.6 is 0 Å². The van der Waals surface area contributed by atoms with Gasteiger partial charge in [-0.25, -0.2) is 0 Å². The molecule has 0 spiro atoms. The van der Waals surface area contributed by atoms with Gasteiger partial charge < -0.3 is 25.2 Å². The molecule has 3 rings (SSSR count). The molecule has 1 unspecified atom stereocenters. The van der Waals surface area contributed by atoms with Crippen molar-refractivity contribution in [3.05, 3.63) is 81.8 Å². The highest BCUT2D eigenvalue weighted by Crippen LogP contribution is 2.18. The SMILES string of the molecule is COc1ccc(C(O)CN/C(=C/[N+](=O)[O-])NCCCOc2cccc(CN3CCCCC3)c2)cc1. The zero-order chi connectivity index (χ0) is 24.9. The van der Waals surface area contributed by atoms with Crippen LogP contribution in [0.3, 0.4) is 0 Å². The molecule has 0 aliphatic carbocycles. The largest absolute Gasteiger partial charge is 0.497 e. The van der Waals surface area contributed by atoms with E-state index in [-0.39, 0.29) is 12.4 Å². The fourth-order valence-corrected chi connectivity index (χ4v) is 4.00. The first-order valence-corrected chi connectivity index (χ1v) is 12.1. The molecule has 1 heterocycles. The normalized spacial score (nSPS) is 15.3. The van der Waals surface area contributed by atoms with Crippen LogP contribution in [0, 0.1) is 10.1 Å². The molecule has 35 heavy (non-hydrogen) atoms. The quantitative estimate of drug-likeness (QED) is 0.213. The third-order valence-corrected chi connectivity index (χ3v) is 5.88. The number of nitrogens with zero attached hydrogens (tertiary/aromatic N) is 2. The van der Waals surface area contributed by atoms with Crippen molar-refractivity contribution < 1.29 is 19.5 Å². The first-order valence-electron chi connectivity index (χ1n) is 12.1. The molecule has 9 heteroatoms. The molecule has 1 fully saturated rings. The summed E-state index contributed by atoms with van der Waals surface area (Å²) in [7, 11) is 1.58. The summed E-state index contributed by atoms with van der Waals surface area (Å²) in [5.41, 5.74) is 1.94. The lowest BCUT2D eigenvalue weighted by atomic mass is 10.1. The van der Waals surface area contributed by atoms with Gasteiger partial charge in [0.05, 0.1) is 24.7 Å². The predicted octanol–water partition coefficient (Wildman–Crippen LogP) is 3.44. The van der Waals surface area contributed by atoms with Crippen molar-refractivity contribution in [2.24, 2.45) is 0 Å². The number of piperidine rings is 1. The molecule has 0 radical (unpaired) electrons. The second kappa shape index (κ2) is 14.2. The Labute approximate surface area is 206 Å². The van der Waals surface area contributed by atoms with Crippen molar-refractivity contribution in [1.29, 1.82) is 0 Å². The van der Waals surface area contributed by atoms with Crippen molar-refractivity contribution >= 4 is 0 Å². The Hall–Kier alpha value is -3.30. The van der Waals surface area contributed by atoms with Crippen LogP contribution in [-0.4, -0.2) is 54.8 Å². The van der Waals surface area contributed by atoms with Crippen molar-refractivity contribution in [3.63, 3.8) is 0 Å². The zero-order valence-electron chi connectivity index (χ0n) is 20.3. The van der Waals surface area contributed by atoms with Crippen molar-refractivity contribution in [3.8, 4) is 11.5 Å². The predicted molar refractivity (Wildman–Crippen MR) is 135 cm³/mol. The fourth-order valence-electron chi connectivity index (χ4n) is 4.00. The summed E-state index contributed by atoms with van der Waals surface area (Å²) in [4.78, 5) is 12.9. The average molecular weight is 485 g/mol. The average Bonchev–Trinajstić information content (AvgIpc) is 2.87. The van der Waals surface area contributed by atoms with Gasteiger partial charge in [-0.3, -0.25) is 15.0 Å². The summed E-state index contributed by atoms with van der Waals surface area (Å²) < 4.78 is 11.0. The first kappa shape index (κ1) is 26.3. The number of hydrogen-bond acceptors (Lipinski definition) is 8. The van der Waals surface area contributed by atoms with E-state index >= 15 is 0 Å². The maximum Gasteiger partial charge on any atom is 0.274 e. The van der Waals surface area contributed by atoms with Crippen LogP contribution in [0.25, 0.3) is 0 Å². The number of methoxy groups -OCH3 is 1. The molecule has 0 bridgehead atoms. The molecule has 0 saturated carbocycles. The van der Waals surface area contributed by atoms with Gasteiger partial charge in [-0.15, -0.1) is 0 Å². The number of aliphatic hydroxyl groups excluding tert-OH is 1. The van der Waals surface area contributed by atoms with Crippen LogP contribution in [-0.2, 0) is 6.54 Å². The maximum absolute atomic E-state index is 11.0. The summed E-state index contributed by atoms with van der Waals surface area (Å²) in [6, 6.07) is 15.2. The fraction of sp³-hybridized carbons (Fsp3) is 0.462. The van der Waals surface area contributed by atoms with Gasteiger partial charge in [-0.1, -0.05) is 30.7 Å². The molecule has 3 N–H and O–H groups in total. The number of hydrogen-bond donors (Lipinski definition) is 3. The second-order valence-corrected chi connectivity index (χ2v) is 8.61. The number of benzene rings is 2. The number of aliphatic hydroxyl groups is 1. The standard InChI is InChI=1S/C26H36N4O5/c1-34-23-11-9-22(10-12-23)25(31)18-28-26(20-30(32)33)27-13-6-16-35-24-8-5-7-21(17-24)19-29-14-3-2-4-15-29/h5,7-12,17,20,25,27-28,31H,2-4,6,13-16,18-19H2,1H3/b26-20+. The Balaban J connectivity index is 1.39. The highest BCUT2D eigenvalue weighted by atomic mass is 16.6. The van der Waals surface area contributed by atoms with E-state index in [2.05, 4.69) is 27.7 Å². The highest BCUT2D eigenvalue weighted by Gasteiger charge is 2.12. The zero-order valence-corrected chi connectivity index (χ0v) is 20.3. The molecular formula is C26H36N4O5. The van der Waals surface area contributed by atoms with Crippen LogP contribution in [0.4, 0.5) is 0 Å². The molecule has 190 valence electrons. The van der Waals surface area contributed by atoms with E-state index in [9.17, 15) is 15.2 Å². The number of rotatable bonds is 14. The Bertz CT molecular complexity index is 945. The lowest BCUT2D eigenvalue weighted by molar-refractivity contribution is -0.404. The maximum atomic E-state index is 11.0.